The number of hydrogen-bond acceptors (Lipinski definition) is 3. The molecule has 0 aromatic rings. The molecule has 0 saturated heterocycles. The van der Waals surface area contributed by atoms with E-state index in [-0.39, 0.29) is 6.92 Å². The van der Waals surface area contributed by atoms with E-state index in [9.17, 15) is 35.3 Å². The van der Waals surface area contributed by atoms with Gasteiger partial charge in [0.15, 0.2) is 0 Å². The number of alkyl halides is 7. The van der Waals surface area contributed by atoms with Crippen LogP contribution in [-0.2, 0) is 14.4 Å². The van der Waals surface area contributed by atoms with Crippen LogP contribution >= 0.6 is 0 Å². The molecule has 0 fully saturated rings. The Morgan fingerprint density at radius 3 is 1.61 bits per heavy atom. The molecular formula is C7H8F8O3. The van der Waals surface area contributed by atoms with Crippen LogP contribution in [0, 0.1) is 0 Å². The fourth-order valence-electron chi connectivity index (χ4n) is 0.791. The molecule has 0 amide bonds. The summed E-state index contributed by atoms with van der Waals surface area (Å²) in [6.07, 6.45) is -15.6. The Kier molecular flexibility index (Phi) is 4.94. The minimum absolute atomic E-state index is 0.0665. The molecule has 0 aromatic heterocycles. The highest BCUT2D eigenvalue weighted by Crippen LogP contribution is 2.45. The predicted octanol–water partition coefficient (Wildman–Crippen LogP) is 3.06. The number of rotatable bonds is 6. The molecule has 11 heteroatoms. The summed E-state index contributed by atoms with van der Waals surface area (Å²) in [5.41, 5.74) is -4.08. The predicted molar refractivity (Wildman–Crippen MR) is 39.5 cm³/mol. The lowest BCUT2D eigenvalue weighted by atomic mass is 10.0. The van der Waals surface area contributed by atoms with Gasteiger partial charge in [-0.05, 0) is 11.4 Å². The van der Waals surface area contributed by atoms with Crippen LogP contribution in [0.15, 0.2) is 0 Å². The molecule has 0 rings (SSSR count). The smallest absolute Gasteiger partial charge is 0.362 e. The van der Waals surface area contributed by atoms with Gasteiger partial charge in [-0.25, -0.2) is 0 Å². The Labute approximate surface area is 95.5 Å². The lowest BCUT2D eigenvalue weighted by molar-refractivity contribution is -0.475. The lowest BCUT2D eigenvalue weighted by Gasteiger charge is -2.37. The van der Waals surface area contributed by atoms with Crippen molar-refractivity contribution in [1.29, 1.82) is 0 Å². The first-order valence-corrected chi connectivity index (χ1v) is 4.14. The fourth-order valence-corrected chi connectivity index (χ4v) is 0.791. The maximum absolute atomic E-state index is 13.1. The SMILES string of the molecule is COC(C)(C(F)(F)OF)C(F)(F)OCC(F)(F)F. The molecule has 0 aliphatic carbocycles. The summed E-state index contributed by atoms with van der Waals surface area (Å²) in [4.78, 5) is 2.01. The molecule has 0 bridgehead atoms. The summed E-state index contributed by atoms with van der Waals surface area (Å²) in [6.45, 7) is -2.59. The van der Waals surface area contributed by atoms with Crippen LogP contribution in [0.4, 0.5) is 35.3 Å². The molecule has 0 aromatic carbocycles. The van der Waals surface area contributed by atoms with E-state index >= 15 is 0 Å². The minimum Gasteiger partial charge on any atom is -0.362 e. The maximum atomic E-state index is 13.1. The average Bonchev–Trinajstić information content (AvgIpc) is 2.24. The van der Waals surface area contributed by atoms with Gasteiger partial charge in [0.25, 0.3) is 0 Å². The largest absolute Gasteiger partial charge is 0.422 e. The van der Waals surface area contributed by atoms with Crippen molar-refractivity contribution in [3.8, 4) is 0 Å². The Morgan fingerprint density at radius 1 is 0.889 bits per heavy atom. The van der Waals surface area contributed by atoms with Crippen LogP contribution in [0.25, 0.3) is 0 Å². The maximum Gasteiger partial charge on any atom is 0.422 e. The second kappa shape index (κ2) is 5.13. The zero-order chi connectivity index (χ0) is 14.8. The van der Waals surface area contributed by atoms with Gasteiger partial charge in [-0.1, -0.05) is 0 Å². The Bertz CT molecular complexity index is 278. The summed E-state index contributed by atoms with van der Waals surface area (Å²) in [5, 5.41) is 0. The zero-order valence-electron chi connectivity index (χ0n) is 8.96. The molecule has 0 aliphatic heterocycles. The van der Waals surface area contributed by atoms with E-state index in [0.29, 0.717) is 7.11 Å². The normalized spacial score (nSPS) is 17.7. The van der Waals surface area contributed by atoms with Gasteiger partial charge in [0.05, 0.1) is 0 Å². The van der Waals surface area contributed by atoms with Crippen molar-refractivity contribution >= 4 is 0 Å². The summed E-state index contributed by atoms with van der Waals surface area (Å²) >= 11 is 0. The van der Waals surface area contributed by atoms with E-state index in [1.165, 1.54) is 0 Å². The van der Waals surface area contributed by atoms with Gasteiger partial charge in [-0.2, -0.15) is 30.7 Å². The molecule has 0 N–H and O–H groups in total. The quantitative estimate of drug-likeness (QED) is 0.704. The number of ether oxygens (including phenoxy) is 2. The summed E-state index contributed by atoms with van der Waals surface area (Å²) < 4.78 is 105. The van der Waals surface area contributed by atoms with Gasteiger partial charge in [-0.15, -0.1) is 4.94 Å². The second-order valence-electron chi connectivity index (χ2n) is 3.25. The van der Waals surface area contributed by atoms with Crippen LogP contribution < -0.4 is 0 Å². The van der Waals surface area contributed by atoms with E-state index < -0.39 is 30.6 Å². The van der Waals surface area contributed by atoms with Gasteiger partial charge in [0.2, 0.25) is 5.60 Å². The van der Waals surface area contributed by atoms with Gasteiger partial charge in [0, 0.05) is 7.11 Å². The van der Waals surface area contributed by atoms with Crippen LogP contribution in [0.1, 0.15) is 6.92 Å². The zero-order valence-corrected chi connectivity index (χ0v) is 8.96. The molecule has 0 heterocycles. The third-order valence-electron chi connectivity index (χ3n) is 2.03. The Hall–Kier alpha value is -0.680. The minimum atomic E-state index is -5.23. The highest BCUT2D eigenvalue weighted by Gasteiger charge is 2.70. The van der Waals surface area contributed by atoms with Crippen molar-refractivity contribution in [3.05, 3.63) is 0 Å². The van der Waals surface area contributed by atoms with Crippen LogP contribution in [0.5, 0.6) is 0 Å². The molecule has 18 heavy (non-hydrogen) atoms. The number of halogens is 8. The first-order chi connectivity index (χ1) is 7.83. The number of hydrogen-bond donors (Lipinski definition) is 0. The van der Waals surface area contributed by atoms with Crippen molar-refractivity contribution in [1.82, 2.24) is 0 Å². The molecule has 3 nitrogen and oxygen atoms in total. The van der Waals surface area contributed by atoms with E-state index in [4.69, 9.17) is 0 Å². The molecular weight excluding hydrogens is 284 g/mol. The van der Waals surface area contributed by atoms with Crippen molar-refractivity contribution in [2.24, 2.45) is 0 Å². The molecule has 1 unspecified atom stereocenters. The van der Waals surface area contributed by atoms with Crippen molar-refractivity contribution < 1.29 is 49.7 Å². The topological polar surface area (TPSA) is 27.7 Å². The van der Waals surface area contributed by atoms with Gasteiger partial charge < -0.3 is 9.47 Å². The van der Waals surface area contributed by atoms with Crippen molar-refractivity contribution in [2.75, 3.05) is 13.7 Å². The van der Waals surface area contributed by atoms with E-state index in [1.54, 1.807) is 0 Å². The first kappa shape index (κ1) is 17.3. The van der Waals surface area contributed by atoms with Crippen molar-refractivity contribution in [2.45, 2.75) is 30.9 Å². The highest BCUT2D eigenvalue weighted by molar-refractivity contribution is 4.92. The van der Waals surface area contributed by atoms with Crippen LogP contribution in [0.3, 0.4) is 0 Å². The second-order valence-corrected chi connectivity index (χ2v) is 3.25. The molecule has 110 valence electrons. The van der Waals surface area contributed by atoms with E-state index in [0.717, 1.165) is 0 Å². The lowest BCUT2D eigenvalue weighted by Crippen LogP contribution is -2.61. The fraction of sp³-hybridized carbons (Fsp3) is 1.00. The molecule has 0 radical (unpaired) electrons. The average molecular weight is 292 g/mol. The summed E-state index contributed by atoms with van der Waals surface area (Å²) in [5.74, 6) is 0. The molecule has 1 atom stereocenters. The molecule has 0 saturated carbocycles. The molecule has 0 spiro atoms. The summed E-state index contributed by atoms with van der Waals surface area (Å²) in [6, 6.07) is 0. The first-order valence-electron chi connectivity index (χ1n) is 4.14. The standard InChI is InChI=1S/C7H8F8O3/c1-4(16-2,7(13,14)18-15)6(11,12)17-3-5(8,9)10/h3H2,1-2H3. The summed E-state index contributed by atoms with van der Waals surface area (Å²) in [7, 11) is 0.303. The van der Waals surface area contributed by atoms with E-state index in [1.807, 2.05) is 4.94 Å². The van der Waals surface area contributed by atoms with Gasteiger partial charge >= 0.3 is 18.4 Å². The third-order valence-corrected chi connectivity index (χ3v) is 2.03. The third kappa shape index (κ3) is 3.42. The van der Waals surface area contributed by atoms with Crippen molar-refractivity contribution in [3.63, 3.8) is 0 Å². The van der Waals surface area contributed by atoms with Crippen LogP contribution in [0.2, 0.25) is 0 Å². The Balaban J connectivity index is 5.14. The van der Waals surface area contributed by atoms with Gasteiger partial charge in [-0.3, -0.25) is 0 Å². The Morgan fingerprint density at radius 2 is 1.33 bits per heavy atom. The number of methoxy groups -OCH3 is 1. The molecule has 0 aliphatic rings. The van der Waals surface area contributed by atoms with E-state index in [2.05, 4.69) is 9.47 Å². The monoisotopic (exact) mass is 292 g/mol. The van der Waals surface area contributed by atoms with Crippen LogP contribution in [-0.4, -0.2) is 37.7 Å². The highest BCUT2D eigenvalue weighted by atomic mass is 19.4. The van der Waals surface area contributed by atoms with Gasteiger partial charge in [0.1, 0.15) is 6.61 Å².